The lowest BCUT2D eigenvalue weighted by Crippen LogP contribution is -2.10. The second kappa shape index (κ2) is 11.0. The van der Waals surface area contributed by atoms with Gasteiger partial charge in [0.15, 0.2) is 11.5 Å². The van der Waals surface area contributed by atoms with Crippen LogP contribution in [-0.4, -0.2) is 31.1 Å². The van der Waals surface area contributed by atoms with Crippen molar-refractivity contribution < 1.29 is 23.8 Å². The van der Waals surface area contributed by atoms with E-state index in [2.05, 4.69) is 16.4 Å². The molecule has 188 valence electrons. The number of fused-ring (bicyclic) bond motifs is 1. The van der Waals surface area contributed by atoms with Gasteiger partial charge in [-0.1, -0.05) is 35.9 Å². The number of methoxy groups -OCH3 is 2. The minimum Gasteiger partial charge on any atom is -0.493 e. The molecule has 0 saturated carbocycles. The summed E-state index contributed by atoms with van der Waals surface area (Å²) in [5.41, 5.74) is 6.23. The first-order chi connectivity index (χ1) is 17.8. The molecule has 3 aromatic carbocycles. The second-order valence-corrected chi connectivity index (χ2v) is 8.55. The molecule has 0 radical (unpaired) electrons. The topological polar surface area (TPSA) is 86.8 Å². The van der Waals surface area contributed by atoms with E-state index in [0.29, 0.717) is 22.7 Å². The quantitative estimate of drug-likeness (QED) is 0.189. The predicted molar refractivity (Wildman–Crippen MR) is 145 cm³/mol. The molecule has 1 heterocycles. The Morgan fingerprint density at radius 3 is 2.30 bits per heavy atom. The van der Waals surface area contributed by atoms with Gasteiger partial charge in [0.1, 0.15) is 0 Å². The van der Waals surface area contributed by atoms with Crippen molar-refractivity contribution in [2.75, 3.05) is 19.5 Å². The molecule has 1 N–H and O–H groups in total. The van der Waals surface area contributed by atoms with Gasteiger partial charge in [-0.3, -0.25) is 14.6 Å². The van der Waals surface area contributed by atoms with Crippen LogP contribution >= 0.6 is 0 Å². The van der Waals surface area contributed by atoms with Gasteiger partial charge >= 0.3 is 5.97 Å². The molecule has 0 aliphatic carbocycles. The standard InChI is InChI=1S/C30H28N2O5/c1-18-10-12-24-23(14-18)29(22-9-7-6-8-19(22)2)25(17-31-24)32-28(34)13-11-21-15-26(35-4)30(37-20(3)33)27(16-21)36-5/h6-17H,1-5H3,(H,32,34). The molecule has 4 aromatic rings. The highest BCUT2D eigenvalue weighted by Gasteiger charge is 2.17. The van der Waals surface area contributed by atoms with Crippen LogP contribution in [0.2, 0.25) is 0 Å². The van der Waals surface area contributed by atoms with Gasteiger partial charge in [-0.25, -0.2) is 0 Å². The van der Waals surface area contributed by atoms with E-state index in [1.165, 1.54) is 27.2 Å². The normalized spacial score (nSPS) is 10.9. The largest absolute Gasteiger partial charge is 0.493 e. The summed E-state index contributed by atoms with van der Waals surface area (Å²) in [5, 5.41) is 3.96. The first-order valence-corrected chi connectivity index (χ1v) is 11.7. The average Bonchev–Trinajstić information content (AvgIpc) is 2.88. The van der Waals surface area contributed by atoms with Crippen LogP contribution < -0.4 is 19.5 Å². The fourth-order valence-corrected chi connectivity index (χ4v) is 4.13. The van der Waals surface area contributed by atoms with Crippen LogP contribution in [0.1, 0.15) is 23.6 Å². The molecule has 37 heavy (non-hydrogen) atoms. The van der Waals surface area contributed by atoms with Crippen molar-refractivity contribution in [1.82, 2.24) is 4.98 Å². The van der Waals surface area contributed by atoms with Crippen molar-refractivity contribution >= 4 is 34.5 Å². The van der Waals surface area contributed by atoms with Gasteiger partial charge < -0.3 is 19.5 Å². The number of ether oxygens (including phenoxy) is 3. The number of hydrogen-bond donors (Lipinski definition) is 1. The Hall–Kier alpha value is -4.65. The molecular weight excluding hydrogens is 468 g/mol. The van der Waals surface area contributed by atoms with Crippen molar-refractivity contribution in [3.05, 3.63) is 83.6 Å². The molecule has 0 atom stereocenters. The summed E-state index contributed by atoms with van der Waals surface area (Å²) >= 11 is 0. The fourth-order valence-electron chi connectivity index (χ4n) is 4.13. The zero-order chi connectivity index (χ0) is 26.5. The van der Waals surface area contributed by atoms with Gasteiger partial charge in [0.25, 0.3) is 0 Å². The molecule has 0 fully saturated rings. The highest BCUT2D eigenvalue weighted by atomic mass is 16.6. The lowest BCUT2D eigenvalue weighted by molar-refractivity contribution is -0.132. The number of carbonyl (C=O) groups is 2. The molecule has 1 aromatic heterocycles. The van der Waals surface area contributed by atoms with Crippen molar-refractivity contribution in [3.63, 3.8) is 0 Å². The summed E-state index contributed by atoms with van der Waals surface area (Å²) < 4.78 is 15.9. The van der Waals surface area contributed by atoms with Crippen molar-refractivity contribution in [1.29, 1.82) is 0 Å². The number of nitrogens with one attached hydrogen (secondary N) is 1. The van der Waals surface area contributed by atoms with Gasteiger partial charge in [-0.2, -0.15) is 0 Å². The maximum Gasteiger partial charge on any atom is 0.308 e. The molecule has 0 bridgehead atoms. The smallest absolute Gasteiger partial charge is 0.308 e. The van der Waals surface area contributed by atoms with E-state index in [9.17, 15) is 9.59 Å². The van der Waals surface area contributed by atoms with Crippen LogP contribution in [0.4, 0.5) is 5.69 Å². The number of aromatic nitrogens is 1. The van der Waals surface area contributed by atoms with E-state index in [1.54, 1.807) is 24.4 Å². The zero-order valence-corrected chi connectivity index (χ0v) is 21.4. The van der Waals surface area contributed by atoms with Crippen molar-refractivity contribution in [2.24, 2.45) is 0 Å². The van der Waals surface area contributed by atoms with E-state index >= 15 is 0 Å². The van der Waals surface area contributed by atoms with Crippen LogP contribution in [0, 0.1) is 13.8 Å². The maximum absolute atomic E-state index is 13.0. The Morgan fingerprint density at radius 1 is 0.946 bits per heavy atom. The SMILES string of the molecule is COc1cc(C=CC(=O)Nc2cnc3ccc(C)cc3c2-c2ccccc2C)cc(OC)c1OC(C)=O. The molecule has 7 nitrogen and oxygen atoms in total. The number of rotatable bonds is 7. The number of aryl methyl sites for hydroxylation is 2. The molecular formula is C30H28N2O5. The Morgan fingerprint density at radius 2 is 1.65 bits per heavy atom. The number of nitrogens with zero attached hydrogens (tertiary/aromatic N) is 1. The van der Waals surface area contributed by atoms with E-state index in [4.69, 9.17) is 14.2 Å². The van der Waals surface area contributed by atoms with Gasteiger partial charge in [-0.15, -0.1) is 0 Å². The van der Waals surface area contributed by atoms with E-state index < -0.39 is 5.97 Å². The number of pyridine rings is 1. The number of carbonyl (C=O) groups excluding carboxylic acids is 2. The van der Waals surface area contributed by atoms with Gasteiger partial charge in [0.2, 0.25) is 11.7 Å². The second-order valence-electron chi connectivity index (χ2n) is 8.55. The fraction of sp³-hybridized carbons (Fsp3) is 0.167. The highest BCUT2D eigenvalue weighted by molar-refractivity contribution is 6.09. The Kier molecular flexibility index (Phi) is 7.53. The molecule has 7 heteroatoms. The number of hydrogen-bond acceptors (Lipinski definition) is 6. The Balaban J connectivity index is 1.70. The summed E-state index contributed by atoms with van der Waals surface area (Å²) in [5.74, 6) is -0.0239. The summed E-state index contributed by atoms with van der Waals surface area (Å²) in [6.07, 6.45) is 4.73. The van der Waals surface area contributed by atoms with Gasteiger partial charge in [-0.05, 0) is 60.9 Å². The first-order valence-electron chi connectivity index (χ1n) is 11.7. The number of benzene rings is 3. The van der Waals surface area contributed by atoms with Gasteiger partial charge in [0.05, 0.1) is 31.6 Å². The molecule has 0 saturated heterocycles. The number of anilines is 1. The Labute approximate surface area is 215 Å². The van der Waals surface area contributed by atoms with Crippen molar-refractivity contribution in [3.8, 4) is 28.4 Å². The number of esters is 1. The average molecular weight is 497 g/mol. The lowest BCUT2D eigenvalue weighted by atomic mass is 9.95. The van der Waals surface area contributed by atoms with E-state index in [1.807, 2.05) is 50.2 Å². The maximum atomic E-state index is 13.0. The third-order valence-electron chi connectivity index (χ3n) is 5.85. The molecule has 4 rings (SSSR count). The summed E-state index contributed by atoms with van der Waals surface area (Å²) in [4.78, 5) is 29.1. The summed E-state index contributed by atoms with van der Waals surface area (Å²) in [6, 6.07) is 17.5. The zero-order valence-electron chi connectivity index (χ0n) is 21.4. The van der Waals surface area contributed by atoms with Crippen LogP contribution in [0.5, 0.6) is 17.2 Å². The number of amides is 1. The molecule has 1 amide bonds. The summed E-state index contributed by atoms with van der Waals surface area (Å²) in [7, 11) is 2.92. The molecule has 0 spiro atoms. The van der Waals surface area contributed by atoms with E-state index in [-0.39, 0.29) is 11.7 Å². The Bertz CT molecular complexity index is 1500. The molecule has 0 aliphatic heterocycles. The highest BCUT2D eigenvalue weighted by Crippen LogP contribution is 2.39. The molecule has 0 aliphatic rings. The monoisotopic (exact) mass is 496 g/mol. The summed E-state index contributed by atoms with van der Waals surface area (Å²) in [6.45, 7) is 5.37. The lowest BCUT2D eigenvalue weighted by Gasteiger charge is -2.15. The minimum atomic E-state index is -0.497. The van der Waals surface area contributed by atoms with Crippen LogP contribution in [0.25, 0.3) is 28.1 Å². The van der Waals surface area contributed by atoms with Crippen LogP contribution in [0.3, 0.4) is 0 Å². The van der Waals surface area contributed by atoms with E-state index in [0.717, 1.165) is 33.2 Å². The van der Waals surface area contributed by atoms with Gasteiger partial charge in [0, 0.05) is 23.9 Å². The molecule has 0 unspecified atom stereocenters. The predicted octanol–water partition coefficient (Wildman–Crippen LogP) is 6.11. The van der Waals surface area contributed by atoms with Crippen LogP contribution in [-0.2, 0) is 9.59 Å². The third kappa shape index (κ3) is 5.62. The first kappa shape index (κ1) is 25.4. The third-order valence-corrected chi connectivity index (χ3v) is 5.85. The van der Waals surface area contributed by atoms with Crippen molar-refractivity contribution in [2.45, 2.75) is 20.8 Å². The van der Waals surface area contributed by atoms with Crippen LogP contribution in [0.15, 0.2) is 66.9 Å². The minimum absolute atomic E-state index is 0.180.